The van der Waals surface area contributed by atoms with E-state index in [1.807, 2.05) is 70.2 Å². The Bertz CT molecular complexity index is 1230. The maximum absolute atomic E-state index is 13.3. The van der Waals surface area contributed by atoms with Crippen LogP contribution in [0.5, 0.6) is 5.75 Å². The number of fused-ring (bicyclic) bond motifs is 1. The third kappa shape index (κ3) is 5.11. The van der Waals surface area contributed by atoms with Gasteiger partial charge >= 0.3 is 0 Å². The number of hydrogen-bond acceptors (Lipinski definition) is 4. The highest BCUT2D eigenvalue weighted by molar-refractivity contribution is 8.18. The van der Waals surface area contributed by atoms with Crippen LogP contribution < -0.4 is 4.74 Å². The van der Waals surface area contributed by atoms with Gasteiger partial charge in [0.25, 0.3) is 5.91 Å². The van der Waals surface area contributed by atoms with Crippen molar-refractivity contribution < 1.29 is 13.9 Å². The maximum Gasteiger partial charge on any atom is 0.266 e. The Morgan fingerprint density at radius 2 is 1.76 bits per heavy atom. The Hall–Kier alpha value is -3.12. The van der Waals surface area contributed by atoms with Gasteiger partial charge in [-0.3, -0.25) is 14.7 Å². The molecule has 3 aromatic carbocycles. The van der Waals surface area contributed by atoms with Crippen molar-refractivity contribution in [1.29, 1.82) is 0 Å². The zero-order valence-corrected chi connectivity index (χ0v) is 20.0. The van der Waals surface area contributed by atoms with Gasteiger partial charge in [-0.05, 0) is 80.1 Å². The first-order valence-corrected chi connectivity index (χ1v) is 11.8. The van der Waals surface area contributed by atoms with Crippen LogP contribution in [0.3, 0.4) is 0 Å². The van der Waals surface area contributed by atoms with E-state index in [9.17, 15) is 9.18 Å². The van der Waals surface area contributed by atoms with Crippen molar-refractivity contribution in [3.63, 3.8) is 0 Å². The number of benzene rings is 3. The summed E-state index contributed by atoms with van der Waals surface area (Å²) in [4.78, 5) is 20.3. The van der Waals surface area contributed by atoms with Gasteiger partial charge in [-0.25, -0.2) is 4.39 Å². The molecule has 33 heavy (non-hydrogen) atoms. The molecule has 4 rings (SSSR count). The summed E-state index contributed by atoms with van der Waals surface area (Å²) < 4.78 is 19.4. The maximum atomic E-state index is 13.3. The fourth-order valence-electron chi connectivity index (χ4n) is 3.68. The minimum atomic E-state index is -0.278. The Kier molecular flexibility index (Phi) is 6.84. The summed E-state index contributed by atoms with van der Waals surface area (Å²) in [5.41, 5.74) is 1.72. The highest BCUT2D eigenvalue weighted by Crippen LogP contribution is 2.38. The van der Waals surface area contributed by atoms with Crippen molar-refractivity contribution in [2.24, 2.45) is 4.99 Å². The second-order valence-corrected chi connectivity index (χ2v) is 9.51. The van der Waals surface area contributed by atoms with Crippen molar-refractivity contribution in [2.75, 3.05) is 0 Å². The van der Waals surface area contributed by atoms with Crippen LogP contribution >= 0.6 is 11.8 Å². The number of halogens is 1. The fourth-order valence-corrected chi connectivity index (χ4v) is 4.89. The molecule has 0 saturated carbocycles. The van der Waals surface area contributed by atoms with Crippen molar-refractivity contribution in [3.05, 3.63) is 82.5 Å². The van der Waals surface area contributed by atoms with E-state index in [2.05, 4.69) is 4.99 Å². The molecule has 0 unspecified atom stereocenters. The molecule has 0 bridgehead atoms. The lowest BCUT2D eigenvalue weighted by Gasteiger charge is -2.20. The molecule has 1 saturated heterocycles. The monoisotopic (exact) mass is 462 g/mol. The zero-order valence-electron chi connectivity index (χ0n) is 19.2. The largest absolute Gasteiger partial charge is 0.488 e. The van der Waals surface area contributed by atoms with Crippen LogP contribution in [-0.4, -0.2) is 28.1 Å². The van der Waals surface area contributed by atoms with Crippen molar-refractivity contribution in [1.82, 2.24) is 4.90 Å². The van der Waals surface area contributed by atoms with Gasteiger partial charge in [0.05, 0.1) is 4.91 Å². The third-order valence-electron chi connectivity index (χ3n) is 5.24. The Morgan fingerprint density at radius 1 is 1.03 bits per heavy atom. The van der Waals surface area contributed by atoms with E-state index in [0.29, 0.717) is 17.3 Å². The van der Waals surface area contributed by atoms with Gasteiger partial charge in [-0.1, -0.05) is 42.5 Å². The number of rotatable bonds is 6. The smallest absolute Gasteiger partial charge is 0.266 e. The van der Waals surface area contributed by atoms with Crippen LogP contribution in [0, 0.1) is 5.82 Å². The number of thioether (sulfide) groups is 1. The summed E-state index contributed by atoms with van der Waals surface area (Å²) in [5.74, 6) is 0.344. The molecule has 3 aromatic rings. The van der Waals surface area contributed by atoms with Gasteiger partial charge in [0.1, 0.15) is 18.2 Å². The van der Waals surface area contributed by atoms with Gasteiger partial charge in [-0.15, -0.1) is 0 Å². The molecule has 170 valence electrons. The summed E-state index contributed by atoms with van der Waals surface area (Å²) in [6.45, 7) is 8.29. The first-order chi connectivity index (χ1) is 15.8. The van der Waals surface area contributed by atoms with Gasteiger partial charge in [0.15, 0.2) is 5.17 Å². The van der Waals surface area contributed by atoms with Crippen LogP contribution in [0.4, 0.5) is 4.39 Å². The van der Waals surface area contributed by atoms with E-state index in [-0.39, 0.29) is 23.8 Å². The normalized spacial score (nSPS) is 16.7. The molecule has 1 amide bonds. The SMILES string of the molecule is CC(C)N=C1S/C(=C/c2c(OCc3ccc(F)cc3)ccc3ccccc23)C(=O)N1C(C)C. The van der Waals surface area contributed by atoms with Gasteiger partial charge < -0.3 is 4.74 Å². The van der Waals surface area contributed by atoms with Crippen molar-refractivity contribution >= 4 is 39.7 Å². The quantitative estimate of drug-likeness (QED) is 0.385. The van der Waals surface area contributed by atoms with Gasteiger partial charge in [0, 0.05) is 17.6 Å². The number of carbonyl (C=O) groups is 1. The highest BCUT2D eigenvalue weighted by atomic mass is 32.2. The van der Waals surface area contributed by atoms with E-state index >= 15 is 0 Å². The standard InChI is InChI=1S/C27H27FN2O2S/c1-17(2)29-27-30(18(3)4)26(31)25(33-27)15-23-22-8-6-5-7-20(22)11-14-24(23)32-16-19-9-12-21(28)13-10-19/h5-15,17-18H,16H2,1-4H3/b25-15+,29-27?. The average molecular weight is 463 g/mol. The minimum Gasteiger partial charge on any atom is -0.488 e. The van der Waals surface area contributed by atoms with Crippen molar-refractivity contribution in [2.45, 2.75) is 46.4 Å². The van der Waals surface area contributed by atoms with E-state index < -0.39 is 0 Å². The van der Waals surface area contributed by atoms with Crippen LogP contribution in [0.25, 0.3) is 16.8 Å². The molecule has 1 aliphatic rings. The zero-order chi connectivity index (χ0) is 23.5. The van der Waals surface area contributed by atoms with Crippen LogP contribution in [0.2, 0.25) is 0 Å². The number of amidine groups is 1. The molecule has 0 N–H and O–H groups in total. The van der Waals surface area contributed by atoms with Crippen LogP contribution in [-0.2, 0) is 11.4 Å². The fraction of sp³-hybridized carbons (Fsp3) is 0.259. The van der Waals surface area contributed by atoms with E-state index in [1.165, 1.54) is 23.9 Å². The van der Waals surface area contributed by atoms with E-state index in [0.717, 1.165) is 27.1 Å². The molecule has 6 heteroatoms. The summed E-state index contributed by atoms with van der Waals surface area (Å²) in [5, 5.41) is 2.79. The topological polar surface area (TPSA) is 41.9 Å². The lowest BCUT2D eigenvalue weighted by Crippen LogP contribution is -2.35. The minimum absolute atomic E-state index is 0.00936. The molecule has 0 atom stereocenters. The second kappa shape index (κ2) is 9.79. The van der Waals surface area contributed by atoms with E-state index in [4.69, 9.17) is 4.74 Å². The predicted octanol–water partition coefficient (Wildman–Crippen LogP) is 6.65. The predicted molar refractivity (Wildman–Crippen MR) is 135 cm³/mol. The lowest BCUT2D eigenvalue weighted by molar-refractivity contribution is -0.123. The first kappa shape index (κ1) is 23.1. The number of nitrogens with zero attached hydrogens (tertiary/aromatic N) is 2. The first-order valence-electron chi connectivity index (χ1n) is 11.0. The molecule has 0 aromatic heterocycles. The Balaban J connectivity index is 1.75. The number of amides is 1. The molecular weight excluding hydrogens is 435 g/mol. The Labute approximate surface area is 198 Å². The highest BCUT2D eigenvalue weighted by Gasteiger charge is 2.35. The number of aliphatic imine (C=N–C) groups is 1. The summed E-state index contributed by atoms with van der Waals surface area (Å²) in [7, 11) is 0. The van der Waals surface area contributed by atoms with E-state index in [1.54, 1.807) is 17.0 Å². The molecule has 1 heterocycles. The second-order valence-electron chi connectivity index (χ2n) is 8.50. The number of ether oxygens (including phenoxy) is 1. The van der Waals surface area contributed by atoms with Crippen molar-refractivity contribution in [3.8, 4) is 5.75 Å². The molecule has 0 aliphatic carbocycles. The van der Waals surface area contributed by atoms with Gasteiger partial charge in [0.2, 0.25) is 0 Å². The molecule has 0 radical (unpaired) electrons. The summed E-state index contributed by atoms with van der Waals surface area (Å²) >= 11 is 1.40. The molecule has 4 nitrogen and oxygen atoms in total. The summed E-state index contributed by atoms with van der Waals surface area (Å²) in [6, 6.07) is 18.3. The molecular formula is C27H27FN2O2S. The summed E-state index contributed by atoms with van der Waals surface area (Å²) in [6.07, 6.45) is 1.91. The molecule has 1 aliphatic heterocycles. The molecule has 1 fully saturated rings. The van der Waals surface area contributed by atoms with Crippen LogP contribution in [0.15, 0.2) is 70.6 Å². The van der Waals surface area contributed by atoms with Crippen LogP contribution in [0.1, 0.15) is 38.8 Å². The number of hydrogen-bond donors (Lipinski definition) is 0. The lowest BCUT2D eigenvalue weighted by atomic mass is 10.0. The number of carbonyl (C=O) groups excluding carboxylic acids is 1. The molecule has 0 spiro atoms. The third-order valence-corrected chi connectivity index (χ3v) is 6.23. The Morgan fingerprint density at radius 3 is 2.45 bits per heavy atom. The van der Waals surface area contributed by atoms with Gasteiger partial charge in [-0.2, -0.15) is 0 Å². The average Bonchev–Trinajstić information content (AvgIpc) is 3.08.